The molecule has 16 heavy (non-hydrogen) atoms. The zero-order valence-corrected chi connectivity index (χ0v) is 10.6. The molecule has 0 amide bonds. The van der Waals surface area contributed by atoms with Gasteiger partial charge in [-0.25, -0.2) is 0 Å². The molecule has 0 saturated heterocycles. The predicted molar refractivity (Wildman–Crippen MR) is 68.8 cm³/mol. The van der Waals surface area contributed by atoms with E-state index in [1.165, 1.54) is 37.0 Å². The Morgan fingerprint density at radius 2 is 2.12 bits per heavy atom. The fourth-order valence-electron chi connectivity index (χ4n) is 2.53. The lowest BCUT2D eigenvalue weighted by atomic mass is 9.85. The molecule has 0 unspecified atom stereocenters. The number of Topliss-reactive ketones (excluding diaryl/α,β-unsaturated/α-hetero) is 1. The van der Waals surface area contributed by atoms with E-state index in [1.807, 2.05) is 0 Å². The molecule has 0 atom stereocenters. The molecule has 88 valence electrons. The lowest BCUT2D eigenvalue weighted by Crippen LogP contribution is -2.12. The number of hydrogen-bond donors (Lipinski definition) is 0. The van der Waals surface area contributed by atoms with Crippen LogP contribution in [0, 0.1) is 5.92 Å². The average molecular weight is 236 g/mol. The average Bonchev–Trinajstić information content (AvgIpc) is 2.81. The summed E-state index contributed by atoms with van der Waals surface area (Å²) in [6.07, 6.45) is 9.15. The van der Waals surface area contributed by atoms with Crippen LogP contribution in [-0.2, 0) is 11.2 Å². The third-order valence-corrected chi connectivity index (χ3v) is 4.41. The summed E-state index contributed by atoms with van der Waals surface area (Å²) in [5, 5.41) is 2.08. The fourth-order valence-corrected chi connectivity index (χ4v) is 3.24. The first-order chi connectivity index (χ1) is 7.84. The number of carbonyl (C=O) groups excluding carboxylic acids is 1. The Morgan fingerprint density at radius 3 is 2.81 bits per heavy atom. The number of rotatable bonds is 5. The van der Waals surface area contributed by atoms with E-state index >= 15 is 0 Å². The van der Waals surface area contributed by atoms with Crippen molar-refractivity contribution in [2.45, 2.75) is 51.4 Å². The molecule has 2 rings (SSSR count). The molecule has 0 aliphatic heterocycles. The van der Waals surface area contributed by atoms with Crippen LogP contribution in [0.15, 0.2) is 17.5 Å². The minimum absolute atomic E-state index is 0.473. The Balaban J connectivity index is 1.67. The van der Waals surface area contributed by atoms with Gasteiger partial charge in [-0.1, -0.05) is 38.2 Å². The number of thiophene rings is 1. The monoisotopic (exact) mass is 236 g/mol. The number of ketones is 1. The Labute approximate surface area is 102 Å². The van der Waals surface area contributed by atoms with E-state index in [1.54, 1.807) is 11.3 Å². The molecular formula is C14H20OS. The zero-order valence-electron chi connectivity index (χ0n) is 9.78. The summed E-state index contributed by atoms with van der Waals surface area (Å²) in [6, 6.07) is 4.18. The summed E-state index contributed by atoms with van der Waals surface area (Å²) < 4.78 is 0. The van der Waals surface area contributed by atoms with Crippen molar-refractivity contribution in [3.05, 3.63) is 22.4 Å². The first kappa shape index (κ1) is 11.8. The number of aryl methyl sites for hydroxylation is 1. The van der Waals surface area contributed by atoms with Crippen LogP contribution in [-0.4, -0.2) is 5.78 Å². The van der Waals surface area contributed by atoms with Gasteiger partial charge in [-0.3, -0.25) is 4.79 Å². The summed E-state index contributed by atoms with van der Waals surface area (Å²) in [5.74, 6) is 1.17. The predicted octanol–water partition coefficient (Wildman–Crippen LogP) is 4.22. The van der Waals surface area contributed by atoms with E-state index in [0.29, 0.717) is 11.7 Å². The minimum atomic E-state index is 0.473. The maximum Gasteiger partial charge on any atom is 0.133 e. The Bertz CT molecular complexity index is 309. The van der Waals surface area contributed by atoms with Gasteiger partial charge in [0.1, 0.15) is 5.78 Å². The van der Waals surface area contributed by atoms with Gasteiger partial charge in [0.15, 0.2) is 0 Å². The highest BCUT2D eigenvalue weighted by atomic mass is 32.1. The highest BCUT2D eigenvalue weighted by Gasteiger charge is 2.16. The summed E-state index contributed by atoms with van der Waals surface area (Å²) in [5.41, 5.74) is 0. The lowest BCUT2D eigenvalue weighted by molar-refractivity contribution is -0.120. The molecule has 1 saturated carbocycles. The van der Waals surface area contributed by atoms with E-state index in [4.69, 9.17) is 0 Å². The van der Waals surface area contributed by atoms with Crippen LogP contribution in [0.4, 0.5) is 0 Å². The maximum atomic E-state index is 11.8. The van der Waals surface area contributed by atoms with Crippen molar-refractivity contribution in [3.8, 4) is 0 Å². The summed E-state index contributed by atoms with van der Waals surface area (Å²) in [6.45, 7) is 0. The van der Waals surface area contributed by atoms with Gasteiger partial charge in [0.25, 0.3) is 0 Å². The van der Waals surface area contributed by atoms with Crippen molar-refractivity contribution in [2.75, 3.05) is 0 Å². The summed E-state index contributed by atoms with van der Waals surface area (Å²) in [7, 11) is 0. The lowest BCUT2D eigenvalue weighted by Gasteiger charge is -2.20. The van der Waals surface area contributed by atoms with Gasteiger partial charge in [0.05, 0.1) is 0 Å². The highest BCUT2D eigenvalue weighted by molar-refractivity contribution is 7.09. The van der Waals surface area contributed by atoms with Crippen molar-refractivity contribution in [2.24, 2.45) is 5.92 Å². The molecule has 2 heteroatoms. The molecule has 1 aromatic rings. The molecular weight excluding hydrogens is 216 g/mol. The Morgan fingerprint density at radius 1 is 1.31 bits per heavy atom. The molecule has 1 heterocycles. The Hall–Kier alpha value is -0.630. The van der Waals surface area contributed by atoms with E-state index < -0.39 is 0 Å². The fraction of sp³-hybridized carbons (Fsp3) is 0.643. The Kier molecular flexibility index (Phi) is 4.58. The van der Waals surface area contributed by atoms with Gasteiger partial charge in [0.2, 0.25) is 0 Å². The van der Waals surface area contributed by atoms with Crippen LogP contribution in [0.3, 0.4) is 0 Å². The van der Waals surface area contributed by atoms with Crippen molar-refractivity contribution >= 4 is 17.1 Å². The smallest absolute Gasteiger partial charge is 0.133 e. The van der Waals surface area contributed by atoms with Gasteiger partial charge in [0, 0.05) is 17.7 Å². The van der Waals surface area contributed by atoms with Gasteiger partial charge in [-0.05, 0) is 23.8 Å². The summed E-state index contributed by atoms with van der Waals surface area (Å²) in [4.78, 5) is 13.2. The minimum Gasteiger partial charge on any atom is -0.300 e. The second-order valence-electron chi connectivity index (χ2n) is 4.83. The van der Waals surface area contributed by atoms with E-state index in [9.17, 15) is 4.79 Å². The van der Waals surface area contributed by atoms with E-state index in [0.717, 1.165) is 19.3 Å². The standard InChI is InChI=1S/C14H20OS/c15-13(8-9-14-7-4-10-16-14)11-12-5-2-1-3-6-12/h4,7,10,12H,1-3,5-6,8-9,11H2. The zero-order chi connectivity index (χ0) is 11.2. The maximum absolute atomic E-state index is 11.8. The van der Waals surface area contributed by atoms with Crippen LogP contribution in [0.1, 0.15) is 49.8 Å². The normalized spacial score (nSPS) is 17.5. The van der Waals surface area contributed by atoms with Crippen LogP contribution in [0.5, 0.6) is 0 Å². The molecule has 0 bridgehead atoms. The topological polar surface area (TPSA) is 17.1 Å². The molecule has 1 nitrogen and oxygen atoms in total. The van der Waals surface area contributed by atoms with Crippen molar-refractivity contribution in [1.82, 2.24) is 0 Å². The van der Waals surface area contributed by atoms with Crippen LogP contribution in [0.25, 0.3) is 0 Å². The second-order valence-corrected chi connectivity index (χ2v) is 5.86. The van der Waals surface area contributed by atoms with Crippen LogP contribution in [0.2, 0.25) is 0 Å². The van der Waals surface area contributed by atoms with Gasteiger partial charge < -0.3 is 0 Å². The molecule has 0 spiro atoms. The number of carbonyl (C=O) groups is 1. The molecule has 1 aromatic heterocycles. The summed E-state index contributed by atoms with van der Waals surface area (Å²) >= 11 is 1.76. The van der Waals surface area contributed by atoms with Gasteiger partial charge >= 0.3 is 0 Å². The number of hydrogen-bond acceptors (Lipinski definition) is 2. The van der Waals surface area contributed by atoms with Gasteiger partial charge in [-0.15, -0.1) is 11.3 Å². The third-order valence-electron chi connectivity index (χ3n) is 3.47. The highest BCUT2D eigenvalue weighted by Crippen LogP contribution is 2.27. The van der Waals surface area contributed by atoms with Crippen LogP contribution < -0.4 is 0 Å². The van der Waals surface area contributed by atoms with Crippen molar-refractivity contribution in [1.29, 1.82) is 0 Å². The molecule has 0 N–H and O–H groups in total. The quantitative estimate of drug-likeness (QED) is 0.748. The van der Waals surface area contributed by atoms with Crippen molar-refractivity contribution < 1.29 is 4.79 Å². The largest absolute Gasteiger partial charge is 0.300 e. The molecule has 1 aliphatic carbocycles. The molecule has 1 aliphatic rings. The van der Waals surface area contributed by atoms with E-state index in [2.05, 4.69) is 17.5 Å². The van der Waals surface area contributed by atoms with Gasteiger partial charge in [-0.2, -0.15) is 0 Å². The first-order valence-electron chi connectivity index (χ1n) is 6.38. The molecule has 1 fully saturated rings. The molecule has 0 radical (unpaired) electrons. The molecule has 0 aromatic carbocycles. The first-order valence-corrected chi connectivity index (χ1v) is 7.26. The van der Waals surface area contributed by atoms with E-state index in [-0.39, 0.29) is 0 Å². The SMILES string of the molecule is O=C(CCc1cccs1)CC1CCCCC1. The third kappa shape index (κ3) is 3.75. The van der Waals surface area contributed by atoms with Crippen LogP contribution >= 0.6 is 11.3 Å². The van der Waals surface area contributed by atoms with Crippen molar-refractivity contribution in [3.63, 3.8) is 0 Å². The second kappa shape index (κ2) is 6.19.